The van der Waals surface area contributed by atoms with E-state index in [0.29, 0.717) is 0 Å². The van der Waals surface area contributed by atoms with Gasteiger partial charge >= 0.3 is 5.97 Å². The van der Waals surface area contributed by atoms with Gasteiger partial charge in [0, 0.05) is 5.56 Å². The van der Waals surface area contributed by atoms with E-state index >= 15 is 0 Å². The molecule has 0 unspecified atom stereocenters. The highest BCUT2D eigenvalue weighted by Crippen LogP contribution is 2.19. The van der Waals surface area contributed by atoms with Crippen molar-refractivity contribution in [1.29, 1.82) is 0 Å². The van der Waals surface area contributed by atoms with Gasteiger partial charge in [0.15, 0.2) is 0 Å². The Balaban J connectivity index is 2.45. The number of carbonyl (C=O) groups excluding carboxylic acids is 1. The van der Waals surface area contributed by atoms with Gasteiger partial charge in [0.25, 0.3) is 0 Å². The fourth-order valence-electron chi connectivity index (χ4n) is 1.32. The zero-order chi connectivity index (χ0) is 11.0. The second-order valence-electron chi connectivity index (χ2n) is 3.26. The number of benzene rings is 1. The number of aryl methyl sites for hydroxylation is 1. The van der Waals surface area contributed by atoms with E-state index in [4.69, 9.17) is 0 Å². The van der Waals surface area contributed by atoms with Crippen molar-refractivity contribution in [3.8, 4) is 0 Å². The highest BCUT2D eigenvalue weighted by atomic mass is 19.1. The lowest BCUT2D eigenvalue weighted by molar-refractivity contribution is -0.140. The molecule has 0 radical (unpaired) electrons. The molecular formula is C10H7F2NO2. The van der Waals surface area contributed by atoms with Gasteiger partial charge in [-0.05, 0) is 24.6 Å². The van der Waals surface area contributed by atoms with E-state index in [0.717, 1.165) is 12.1 Å². The van der Waals surface area contributed by atoms with Crippen LogP contribution in [0.1, 0.15) is 17.5 Å². The summed E-state index contributed by atoms with van der Waals surface area (Å²) in [5.41, 5.74) is 0.308. The maximum atomic E-state index is 13.4. The molecule has 0 aromatic heterocycles. The molecular weight excluding hydrogens is 204 g/mol. The summed E-state index contributed by atoms with van der Waals surface area (Å²) in [6.45, 7) is 1.46. The van der Waals surface area contributed by atoms with Crippen LogP contribution in [-0.2, 0) is 9.63 Å². The molecule has 3 nitrogen and oxygen atoms in total. The monoisotopic (exact) mass is 211 g/mol. The van der Waals surface area contributed by atoms with Crippen LogP contribution in [0.4, 0.5) is 8.78 Å². The highest BCUT2D eigenvalue weighted by molar-refractivity contribution is 6.11. The van der Waals surface area contributed by atoms with Crippen molar-refractivity contribution in [2.24, 2.45) is 5.16 Å². The third kappa shape index (κ3) is 1.72. The lowest BCUT2D eigenvalue weighted by atomic mass is 10.0. The average molecular weight is 211 g/mol. The summed E-state index contributed by atoms with van der Waals surface area (Å²) in [4.78, 5) is 15.0. The first-order chi connectivity index (χ1) is 7.08. The molecule has 2 rings (SSSR count). The second kappa shape index (κ2) is 3.42. The molecule has 1 heterocycles. The largest absolute Gasteiger partial charge is 0.341 e. The third-order valence-electron chi connectivity index (χ3n) is 2.13. The van der Waals surface area contributed by atoms with Crippen LogP contribution < -0.4 is 0 Å². The van der Waals surface area contributed by atoms with E-state index in [1.807, 2.05) is 0 Å². The number of hydrogen-bond acceptors (Lipinski definition) is 3. The molecule has 1 aliphatic heterocycles. The van der Waals surface area contributed by atoms with Crippen molar-refractivity contribution in [2.75, 3.05) is 0 Å². The molecule has 1 aromatic carbocycles. The van der Waals surface area contributed by atoms with Crippen LogP contribution >= 0.6 is 0 Å². The van der Waals surface area contributed by atoms with Crippen LogP contribution in [-0.4, -0.2) is 11.7 Å². The Morgan fingerprint density at radius 2 is 2.07 bits per heavy atom. The highest BCUT2D eigenvalue weighted by Gasteiger charge is 2.22. The maximum Gasteiger partial charge on any atom is 0.341 e. The molecule has 0 bridgehead atoms. The Labute approximate surface area is 84.3 Å². The van der Waals surface area contributed by atoms with Crippen molar-refractivity contribution in [1.82, 2.24) is 0 Å². The molecule has 5 heteroatoms. The average Bonchev–Trinajstić information content (AvgIpc) is 2.58. The standard InChI is InChI=1S/C10H7F2NO2/c1-5-2-8(12)6(3-7(5)11)9-4-10(14)15-13-9/h2-3H,4H2,1H3. The molecule has 0 N–H and O–H groups in total. The molecule has 0 fully saturated rings. The van der Waals surface area contributed by atoms with Crippen LogP contribution in [0.25, 0.3) is 0 Å². The normalized spacial score (nSPS) is 15.1. The quantitative estimate of drug-likeness (QED) is 0.665. The summed E-state index contributed by atoms with van der Waals surface area (Å²) in [7, 11) is 0. The predicted molar refractivity (Wildman–Crippen MR) is 48.3 cm³/mol. The molecule has 78 valence electrons. The summed E-state index contributed by atoms with van der Waals surface area (Å²) in [6.07, 6.45) is -0.126. The molecule has 15 heavy (non-hydrogen) atoms. The number of hydrogen-bond donors (Lipinski definition) is 0. The van der Waals surface area contributed by atoms with Gasteiger partial charge in [-0.15, -0.1) is 0 Å². The van der Waals surface area contributed by atoms with Gasteiger partial charge in [-0.3, -0.25) is 0 Å². The van der Waals surface area contributed by atoms with E-state index in [-0.39, 0.29) is 23.3 Å². The van der Waals surface area contributed by atoms with Crippen molar-refractivity contribution >= 4 is 11.7 Å². The van der Waals surface area contributed by atoms with Crippen molar-refractivity contribution in [3.05, 3.63) is 34.9 Å². The van der Waals surface area contributed by atoms with Gasteiger partial charge in [-0.2, -0.15) is 0 Å². The van der Waals surface area contributed by atoms with Crippen molar-refractivity contribution in [3.63, 3.8) is 0 Å². The summed E-state index contributed by atoms with van der Waals surface area (Å²) in [5.74, 6) is -1.70. The molecule has 0 saturated heterocycles. The Hall–Kier alpha value is -1.78. The third-order valence-corrected chi connectivity index (χ3v) is 2.13. The van der Waals surface area contributed by atoms with Crippen molar-refractivity contribution < 1.29 is 18.4 Å². The SMILES string of the molecule is Cc1cc(F)c(C2=NOC(=O)C2)cc1F. The van der Waals surface area contributed by atoms with Crippen LogP contribution in [0.2, 0.25) is 0 Å². The Morgan fingerprint density at radius 3 is 2.67 bits per heavy atom. The van der Waals surface area contributed by atoms with Gasteiger partial charge < -0.3 is 4.84 Å². The minimum absolute atomic E-state index is 0.0241. The lowest BCUT2D eigenvalue weighted by Crippen LogP contribution is -2.05. The Bertz CT molecular complexity index is 469. The van der Waals surface area contributed by atoms with E-state index in [9.17, 15) is 13.6 Å². The number of carbonyl (C=O) groups is 1. The van der Waals surface area contributed by atoms with Gasteiger partial charge in [-0.1, -0.05) is 5.16 Å². The first kappa shape index (κ1) is 9.76. The van der Waals surface area contributed by atoms with Gasteiger partial charge in [0.1, 0.15) is 17.3 Å². The minimum atomic E-state index is -0.606. The van der Waals surface area contributed by atoms with Crippen LogP contribution in [0.3, 0.4) is 0 Å². The fraction of sp³-hybridized carbons (Fsp3) is 0.200. The second-order valence-corrected chi connectivity index (χ2v) is 3.26. The summed E-state index contributed by atoms with van der Waals surface area (Å²) < 4.78 is 26.6. The summed E-state index contributed by atoms with van der Waals surface area (Å²) in [6, 6.07) is 2.08. The van der Waals surface area contributed by atoms with Gasteiger partial charge in [0.2, 0.25) is 0 Å². The van der Waals surface area contributed by atoms with E-state index in [2.05, 4.69) is 9.99 Å². The van der Waals surface area contributed by atoms with Gasteiger partial charge in [-0.25, -0.2) is 13.6 Å². The number of rotatable bonds is 1. The smallest absolute Gasteiger partial charge is 0.318 e. The lowest BCUT2D eigenvalue weighted by Gasteiger charge is -2.02. The number of nitrogens with zero attached hydrogens (tertiary/aromatic N) is 1. The minimum Gasteiger partial charge on any atom is -0.318 e. The molecule has 0 amide bonds. The predicted octanol–water partition coefficient (Wildman–Crippen LogP) is 1.92. The van der Waals surface area contributed by atoms with E-state index in [1.54, 1.807) is 0 Å². The summed E-state index contributed by atoms with van der Waals surface area (Å²) >= 11 is 0. The fourth-order valence-corrected chi connectivity index (χ4v) is 1.32. The Morgan fingerprint density at radius 1 is 1.33 bits per heavy atom. The molecule has 0 atom stereocenters. The van der Waals surface area contributed by atoms with E-state index < -0.39 is 17.6 Å². The molecule has 1 aromatic rings. The molecule has 0 spiro atoms. The summed E-state index contributed by atoms with van der Waals surface area (Å²) in [5, 5.41) is 3.38. The van der Waals surface area contributed by atoms with Crippen LogP contribution in [0.15, 0.2) is 17.3 Å². The van der Waals surface area contributed by atoms with Crippen LogP contribution in [0, 0.1) is 18.6 Å². The number of halogens is 2. The zero-order valence-electron chi connectivity index (χ0n) is 7.88. The first-order valence-corrected chi connectivity index (χ1v) is 4.30. The molecule has 1 aliphatic rings. The van der Waals surface area contributed by atoms with Crippen molar-refractivity contribution in [2.45, 2.75) is 13.3 Å². The Kier molecular flexibility index (Phi) is 2.22. The molecule has 0 aliphatic carbocycles. The zero-order valence-corrected chi connectivity index (χ0v) is 7.88. The first-order valence-electron chi connectivity index (χ1n) is 4.30. The number of oxime groups is 1. The van der Waals surface area contributed by atoms with Crippen LogP contribution in [0.5, 0.6) is 0 Å². The van der Waals surface area contributed by atoms with E-state index in [1.165, 1.54) is 6.92 Å². The topological polar surface area (TPSA) is 38.7 Å². The van der Waals surface area contributed by atoms with Gasteiger partial charge in [0.05, 0.1) is 6.42 Å². The molecule has 0 saturated carbocycles. The maximum absolute atomic E-state index is 13.4.